The van der Waals surface area contributed by atoms with Crippen molar-refractivity contribution >= 4 is 11.9 Å². The maximum atomic E-state index is 11.9. The number of carbonyl (C=O) groups is 1. The molecule has 0 spiro atoms. The number of hydrogen-bond donors (Lipinski definition) is 0. The van der Waals surface area contributed by atoms with E-state index < -0.39 is 0 Å². The number of rotatable bonds is 5. The summed E-state index contributed by atoms with van der Waals surface area (Å²) < 4.78 is 12.0. The lowest BCUT2D eigenvalue weighted by molar-refractivity contribution is 0.104. The van der Waals surface area contributed by atoms with Crippen LogP contribution in [0.3, 0.4) is 0 Å². The van der Waals surface area contributed by atoms with Crippen molar-refractivity contribution in [2.75, 3.05) is 14.2 Å². The highest BCUT2D eigenvalue weighted by Crippen LogP contribution is 2.23. The van der Waals surface area contributed by atoms with Gasteiger partial charge in [0, 0.05) is 19.3 Å². The second-order valence-electron chi connectivity index (χ2n) is 4.25. The first-order valence-electron chi connectivity index (χ1n) is 6.06. The number of aromatic nitrogens is 2. The molecule has 0 N–H and O–H groups in total. The van der Waals surface area contributed by atoms with Crippen molar-refractivity contribution in [1.29, 1.82) is 0 Å². The Kier molecular flexibility index (Phi) is 4.20. The fourth-order valence-electron chi connectivity index (χ4n) is 1.74. The molecule has 1 aromatic heterocycles. The number of carbonyl (C=O) groups excluding carboxylic acids is 1. The first-order chi connectivity index (χ1) is 9.62. The van der Waals surface area contributed by atoms with Gasteiger partial charge in [-0.25, -0.2) is 0 Å². The highest BCUT2D eigenvalue weighted by molar-refractivity contribution is 6.06. The molecule has 0 saturated carbocycles. The second kappa shape index (κ2) is 6.06. The zero-order valence-corrected chi connectivity index (χ0v) is 11.7. The van der Waals surface area contributed by atoms with E-state index in [9.17, 15) is 4.79 Å². The molecule has 5 heteroatoms. The van der Waals surface area contributed by atoms with E-state index in [-0.39, 0.29) is 5.78 Å². The number of nitrogens with zero attached hydrogens (tertiary/aromatic N) is 2. The molecular formula is C15H16N2O3. The predicted molar refractivity (Wildman–Crippen MR) is 76.1 cm³/mol. The molecule has 2 rings (SSSR count). The lowest BCUT2D eigenvalue weighted by Crippen LogP contribution is -1.92. The normalized spacial score (nSPS) is 10.8. The Balaban J connectivity index is 2.20. The molecule has 1 aromatic carbocycles. The molecule has 5 nitrogen and oxygen atoms in total. The minimum absolute atomic E-state index is 0.0973. The van der Waals surface area contributed by atoms with E-state index in [1.165, 1.54) is 6.08 Å². The Morgan fingerprint density at radius 1 is 1.20 bits per heavy atom. The van der Waals surface area contributed by atoms with Gasteiger partial charge in [-0.3, -0.25) is 9.48 Å². The van der Waals surface area contributed by atoms with E-state index in [0.29, 0.717) is 17.1 Å². The Morgan fingerprint density at radius 2 is 1.85 bits per heavy atom. The summed E-state index contributed by atoms with van der Waals surface area (Å²) in [6, 6.07) is 5.44. The van der Waals surface area contributed by atoms with Crippen LogP contribution in [0.1, 0.15) is 15.9 Å². The minimum atomic E-state index is -0.0973. The zero-order chi connectivity index (χ0) is 14.5. The quantitative estimate of drug-likeness (QED) is 0.619. The van der Waals surface area contributed by atoms with Crippen LogP contribution in [-0.2, 0) is 7.05 Å². The van der Waals surface area contributed by atoms with Crippen LogP contribution in [0.5, 0.6) is 11.5 Å². The first kappa shape index (κ1) is 13.9. The van der Waals surface area contributed by atoms with E-state index in [0.717, 1.165) is 5.56 Å². The van der Waals surface area contributed by atoms with Crippen molar-refractivity contribution in [3.05, 3.63) is 47.8 Å². The molecule has 0 bridgehead atoms. The van der Waals surface area contributed by atoms with Gasteiger partial charge in [-0.05, 0) is 23.8 Å². The summed E-state index contributed by atoms with van der Waals surface area (Å²) in [5, 5.41) is 3.97. The van der Waals surface area contributed by atoms with Gasteiger partial charge in [0.2, 0.25) is 0 Å². The van der Waals surface area contributed by atoms with Gasteiger partial charge in [0.15, 0.2) is 5.78 Å². The van der Waals surface area contributed by atoms with Crippen molar-refractivity contribution in [3.63, 3.8) is 0 Å². The third-order valence-corrected chi connectivity index (χ3v) is 2.79. The Bertz CT molecular complexity index is 622. The largest absolute Gasteiger partial charge is 0.497 e. The van der Waals surface area contributed by atoms with E-state index >= 15 is 0 Å². The molecule has 0 amide bonds. The highest BCUT2D eigenvalue weighted by Gasteiger charge is 2.04. The van der Waals surface area contributed by atoms with E-state index in [4.69, 9.17) is 9.47 Å². The number of benzene rings is 1. The molecular weight excluding hydrogens is 256 g/mol. The summed E-state index contributed by atoms with van der Waals surface area (Å²) in [4.78, 5) is 11.9. The molecule has 0 unspecified atom stereocenters. The highest BCUT2D eigenvalue weighted by atomic mass is 16.5. The Hall–Kier alpha value is -2.56. The van der Waals surface area contributed by atoms with Gasteiger partial charge in [0.05, 0.1) is 26.0 Å². The maximum Gasteiger partial charge on any atom is 0.189 e. The molecule has 2 aromatic rings. The molecule has 20 heavy (non-hydrogen) atoms. The van der Waals surface area contributed by atoms with Crippen LogP contribution in [0, 0.1) is 0 Å². The number of methoxy groups -OCH3 is 2. The molecule has 0 radical (unpaired) electrons. The standard InChI is InChI=1S/C15H16N2O3/c1-17-10-12(9-16-17)15(18)5-4-11-6-13(19-2)8-14(7-11)20-3/h4-10H,1-3H3/b5-4+. The summed E-state index contributed by atoms with van der Waals surface area (Å²) in [7, 11) is 4.94. The fraction of sp³-hybridized carbons (Fsp3) is 0.200. The second-order valence-corrected chi connectivity index (χ2v) is 4.25. The summed E-state index contributed by atoms with van der Waals surface area (Å²) in [5.41, 5.74) is 1.39. The van der Waals surface area contributed by atoms with Crippen LogP contribution in [0.15, 0.2) is 36.7 Å². The van der Waals surface area contributed by atoms with Crippen LogP contribution >= 0.6 is 0 Å². The van der Waals surface area contributed by atoms with Crippen molar-refractivity contribution < 1.29 is 14.3 Å². The zero-order valence-electron chi connectivity index (χ0n) is 11.7. The summed E-state index contributed by atoms with van der Waals surface area (Å²) in [6.45, 7) is 0. The first-order valence-corrected chi connectivity index (χ1v) is 6.06. The van der Waals surface area contributed by atoms with Gasteiger partial charge in [-0.1, -0.05) is 6.08 Å². The number of ether oxygens (including phenoxy) is 2. The van der Waals surface area contributed by atoms with Crippen molar-refractivity contribution in [1.82, 2.24) is 9.78 Å². The fourth-order valence-corrected chi connectivity index (χ4v) is 1.74. The molecule has 0 aliphatic heterocycles. The van der Waals surface area contributed by atoms with E-state index in [1.54, 1.807) is 50.5 Å². The molecule has 0 fully saturated rings. The topological polar surface area (TPSA) is 53.3 Å². The van der Waals surface area contributed by atoms with Gasteiger partial charge in [0.25, 0.3) is 0 Å². The van der Waals surface area contributed by atoms with E-state index in [1.807, 2.05) is 12.1 Å². The Morgan fingerprint density at radius 3 is 2.35 bits per heavy atom. The third kappa shape index (κ3) is 3.26. The molecule has 0 aliphatic rings. The van der Waals surface area contributed by atoms with Crippen LogP contribution in [0.4, 0.5) is 0 Å². The number of aryl methyl sites for hydroxylation is 1. The maximum absolute atomic E-state index is 11.9. The number of hydrogen-bond acceptors (Lipinski definition) is 4. The van der Waals surface area contributed by atoms with Crippen molar-refractivity contribution in [3.8, 4) is 11.5 Å². The Labute approximate surface area is 117 Å². The van der Waals surface area contributed by atoms with E-state index in [2.05, 4.69) is 5.10 Å². The lowest BCUT2D eigenvalue weighted by Gasteiger charge is -2.05. The van der Waals surface area contributed by atoms with Crippen LogP contribution in [-0.4, -0.2) is 29.8 Å². The van der Waals surface area contributed by atoms with Crippen molar-refractivity contribution in [2.45, 2.75) is 0 Å². The summed E-state index contributed by atoms with van der Waals surface area (Å²) in [6.07, 6.45) is 6.45. The number of allylic oxidation sites excluding steroid dienone is 1. The smallest absolute Gasteiger partial charge is 0.189 e. The lowest BCUT2D eigenvalue weighted by atomic mass is 10.1. The number of ketones is 1. The van der Waals surface area contributed by atoms with Crippen LogP contribution < -0.4 is 9.47 Å². The average Bonchev–Trinajstić information content (AvgIpc) is 2.91. The molecule has 0 atom stereocenters. The monoisotopic (exact) mass is 272 g/mol. The third-order valence-electron chi connectivity index (χ3n) is 2.79. The molecule has 0 saturated heterocycles. The van der Waals surface area contributed by atoms with Gasteiger partial charge in [-0.15, -0.1) is 0 Å². The molecule has 104 valence electrons. The average molecular weight is 272 g/mol. The SMILES string of the molecule is COc1cc(/C=C/C(=O)c2cnn(C)c2)cc(OC)c1. The molecule has 1 heterocycles. The predicted octanol–water partition coefficient (Wildman–Crippen LogP) is 2.33. The van der Waals surface area contributed by atoms with Gasteiger partial charge in [-0.2, -0.15) is 5.10 Å². The van der Waals surface area contributed by atoms with Gasteiger partial charge >= 0.3 is 0 Å². The summed E-state index contributed by atoms with van der Waals surface area (Å²) in [5.74, 6) is 1.26. The van der Waals surface area contributed by atoms with Gasteiger partial charge in [0.1, 0.15) is 11.5 Å². The van der Waals surface area contributed by atoms with Crippen molar-refractivity contribution in [2.24, 2.45) is 7.05 Å². The molecule has 0 aliphatic carbocycles. The summed E-state index contributed by atoms with van der Waals surface area (Å²) >= 11 is 0. The van der Waals surface area contributed by atoms with Gasteiger partial charge < -0.3 is 9.47 Å². The van der Waals surface area contributed by atoms with Crippen LogP contribution in [0.2, 0.25) is 0 Å². The minimum Gasteiger partial charge on any atom is -0.497 e. The van der Waals surface area contributed by atoms with Crippen LogP contribution in [0.25, 0.3) is 6.08 Å².